The van der Waals surface area contributed by atoms with Crippen LogP contribution in [0.25, 0.3) is 0 Å². The molecule has 0 aliphatic carbocycles. The molecule has 94 valence electrons. The average molecular weight is 235 g/mol. The Hall–Kier alpha value is -1.48. The predicted octanol–water partition coefficient (Wildman–Crippen LogP) is 2.93. The first-order chi connectivity index (χ1) is 8.22. The van der Waals surface area contributed by atoms with Gasteiger partial charge in [0.2, 0.25) is 0 Å². The van der Waals surface area contributed by atoms with Gasteiger partial charge in [0.05, 0.1) is 7.11 Å². The fourth-order valence-corrected chi connectivity index (χ4v) is 1.65. The fourth-order valence-electron chi connectivity index (χ4n) is 1.65. The highest BCUT2D eigenvalue weighted by molar-refractivity contribution is 5.43. The summed E-state index contributed by atoms with van der Waals surface area (Å²) in [6.07, 6.45) is 1.72. The van der Waals surface area contributed by atoms with E-state index in [-0.39, 0.29) is 0 Å². The molecule has 1 aromatic rings. The highest BCUT2D eigenvalue weighted by Gasteiger charge is 2.09. The molecule has 1 rings (SSSR count). The van der Waals surface area contributed by atoms with Crippen LogP contribution in [0.2, 0.25) is 0 Å². The zero-order chi connectivity index (χ0) is 12.7. The molecule has 0 bridgehead atoms. The largest absolute Gasteiger partial charge is 0.493 e. The molecule has 0 aliphatic rings. The van der Waals surface area contributed by atoms with Crippen molar-refractivity contribution in [2.45, 2.75) is 19.9 Å². The van der Waals surface area contributed by atoms with Crippen LogP contribution < -0.4 is 14.8 Å². The van der Waals surface area contributed by atoms with Gasteiger partial charge in [-0.05, 0) is 31.2 Å². The Morgan fingerprint density at radius 2 is 2.18 bits per heavy atom. The molecule has 0 heterocycles. The lowest BCUT2D eigenvalue weighted by molar-refractivity contribution is 0.326. The van der Waals surface area contributed by atoms with E-state index in [9.17, 15) is 0 Å². The molecule has 1 atom stereocenters. The van der Waals surface area contributed by atoms with Crippen molar-refractivity contribution in [2.24, 2.45) is 0 Å². The van der Waals surface area contributed by atoms with E-state index in [1.807, 2.05) is 18.2 Å². The molecule has 17 heavy (non-hydrogen) atoms. The van der Waals surface area contributed by atoms with Gasteiger partial charge >= 0.3 is 0 Å². The van der Waals surface area contributed by atoms with Crippen molar-refractivity contribution in [3.05, 3.63) is 36.4 Å². The normalized spacial score (nSPS) is 11.9. The van der Waals surface area contributed by atoms with Gasteiger partial charge in [0.1, 0.15) is 6.61 Å². The Bertz CT molecular complexity index is 363. The van der Waals surface area contributed by atoms with Gasteiger partial charge in [-0.2, -0.15) is 0 Å². The topological polar surface area (TPSA) is 30.5 Å². The van der Waals surface area contributed by atoms with Gasteiger partial charge < -0.3 is 14.8 Å². The molecule has 3 nitrogen and oxygen atoms in total. The number of hydrogen-bond acceptors (Lipinski definition) is 3. The molecular weight excluding hydrogens is 214 g/mol. The van der Waals surface area contributed by atoms with Crippen LogP contribution in [0, 0.1) is 0 Å². The van der Waals surface area contributed by atoms with Gasteiger partial charge in [-0.15, -0.1) is 0 Å². The number of hydrogen-bond donors (Lipinski definition) is 1. The van der Waals surface area contributed by atoms with Crippen molar-refractivity contribution in [3.8, 4) is 11.5 Å². The number of rotatable bonds is 7. The van der Waals surface area contributed by atoms with Gasteiger partial charge in [0.25, 0.3) is 0 Å². The minimum atomic E-state index is 0.308. The SMILES string of the molecule is C=CCOc1ccc(C(C)NCC)cc1OC. The monoisotopic (exact) mass is 235 g/mol. The summed E-state index contributed by atoms with van der Waals surface area (Å²) in [5.74, 6) is 1.51. The minimum absolute atomic E-state index is 0.308. The van der Waals surface area contributed by atoms with Crippen LogP contribution in [0.15, 0.2) is 30.9 Å². The smallest absolute Gasteiger partial charge is 0.161 e. The first kappa shape index (κ1) is 13.6. The molecule has 0 aromatic heterocycles. The van der Waals surface area contributed by atoms with E-state index in [0.717, 1.165) is 18.0 Å². The number of methoxy groups -OCH3 is 1. The number of ether oxygens (including phenoxy) is 2. The second-order valence-corrected chi connectivity index (χ2v) is 3.79. The summed E-state index contributed by atoms with van der Waals surface area (Å²) < 4.78 is 10.8. The van der Waals surface area contributed by atoms with Crippen LogP contribution in [0.3, 0.4) is 0 Å². The average Bonchev–Trinajstić information content (AvgIpc) is 2.36. The third kappa shape index (κ3) is 3.79. The maximum atomic E-state index is 5.51. The van der Waals surface area contributed by atoms with E-state index >= 15 is 0 Å². The van der Waals surface area contributed by atoms with Gasteiger partial charge in [-0.3, -0.25) is 0 Å². The van der Waals surface area contributed by atoms with Crippen molar-refractivity contribution in [1.29, 1.82) is 0 Å². The van der Waals surface area contributed by atoms with E-state index < -0.39 is 0 Å². The summed E-state index contributed by atoms with van der Waals surface area (Å²) >= 11 is 0. The van der Waals surface area contributed by atoms with E-state index in [1.165, 1.54) is 5.56 Å². The third-order valence-electron chi connectivity index (χ3n) is 2.55. The molecule has 1 N–H and O–H groups in total. The van der Waals surface area contributed by atoms with E-state index in [0.29, 0.717) is 12.6 Å². The molecule has 1 unspecified atom stereocenters. The summed E-state index contributed by atoms with van der Waals surface area (Å²) in [6, 6.07) is 6.30. The summed E-state index contributed by atoms with van der Waals surface area (Å²) in [6.45, 7) is 9.27. The Kier molecular flexibility index (Phi) is 5.57. The lowest BCUT2D eigenvalue weighted by atomic mass is 10.1. The van der Waals surface area contributed by atoms with Crippen LogP contribution in [0.5, 0.6) is 11.5 Å². The van der Waals surface area contributed by atoms with Gasteiger partial charge in [0.15, 0.2) is 11.5 Å². The van der Waals surface area contributed by atoms with E-state index in [4.69, 9.17) is 9.47 Å². The summed E-state index contributed by atoms with van der Waals surface area (Å²) in [4.78, 5) is 0. The van der Waals surface area contributed by atoms with E-state index in [2.05, 4.69) is 25.7 Å². The molecule has 0 aliphatic heterocycles. The molecule has 0 saturated heterocycles. The Morgan fingerprint density at radius 3 is 2.76 bits per heavy atom. The van der Waals surface area contributed by atoms with Crippen molar-refractivity contribution in [2.75, 3.05) is 20.3 Å². The zero-order valence-electron chi connectivity index (χ0n) is 10.8. The highest BCUT2D eigenvalue weighted by Crippen LogP contribution is 2.30. The minimum Gasteiger partial charge on any atom is -0.493 e. The molecule has 0 amide bonds. The van der Waals surface area contributed by atoms with Crippen LogP contribution in [-0.2, 0) is 0 Å². The van der Waals surface area contributed by atoms with Gasteiger partial charge in [0, 0.05) is 6.04 Å². The van der Waals surface area contributed by atoms with Crippen LogP contribution >= 0.6 is 0 Å². The van der Waals surface area contributed by atoms with Crippen molar-refractivity contribution in [1.82, 2.24) is 5.32 Å². The maximum absolute atomic E-state index is 5.51. The fraction of sp³-hybridized carbons (Fsp3) is 0.429. The molecule has 0 fully saturated rings. The van der Waals surface area contributed by atoms with Crippen molar-refractivity contribution in [3.63, 3.8) is 0 Å². The lowest BCUT2D eigenvalue weighted by Gasteiger charge is -2.16. The number of benzene rings is 1. The molecule has 3 heteroatoms. The maximum Gasteiger partial charge on any atom is 0.161 e. The standard InChI is InChI=1S/C14H21NO2/c1-5-9-17-13-8-7-12(10-14(13)16-4)11(3)15-6-2/h5,7-8,10-11,15H,1,6,9H2,2-4H3. The van der Waals surface area contributed by atoms with Crippen molar-refractivity contribution < 1.29 is 9.47 Å². The number of nitrogens with one attached hydrogen (secondary N) is 1. The Labute approximate surface area is 103 Å². The molecule has 1 aromatic carbocycles. The quantitative estimate of drug-likeness (QED) is 0.737. The summed E-state index contributed by atoms with van der Waals surface area (Å²) in [5.41, 5.74) is 1.19. The zero-order valence-corrected chi connectivity index (χ0v) is 10.8. The van der Waals surface area contributed by atoms with Gasteiger partial charge in [-0.1, -0.05) is 25.6 Å². The van der Waals surface area contributed by atoms with Crippen LogP contribution in [-0.4, -0.2) is 20.3 Å². The summed E-state index contributed by atoms with van der Waals surface area (Å²) in [7, 11) is 1.65. The van der Waals surface area contributed by atoms with Gasteiger partial charge in [-0.25, -0.2) is 0 Å². The van der Waals surface area contributed by atoms with E-state index in [1.54, 1.807) is 13.2 Å². The predicted molar refractivity (Wildman–Crippen MR) is 70.8 cm³/mol. The first-order valence-corrected chi connectivity index (χ1v) is 5.88. The van der Waals surface area contributed by atoms with Crippen molar-refractivity contribution >= 4 is 0 Å². The van der Waals surface area contributed by atoms with Crippen LogP contribution in [0.4, 0.5) is 0 Å². The third-order valence-corrected chi connectivity index (χ3v) is 2.55. The molecule has 0 saturated carbocycles. The van der Waals surface area contributed by atoms with Crippen LogP contribution in [0.1, 0.15) is 25.5 Å². The highest BCUT2D eigenvalue weighted by atomic mass is 16.5. The second-order valence-electron chi connectivity index (χ2n) is 3.79. The lowest BCUT2D eigenvalue weighted by Crippen LogP contribution is -2.17. The summed E-state index contributed by atoms with van der Waals surface area (Å²) in [5, 5.41) is 3.36. The molecular formula is C14H21NO2. The Balaban J connectivity index is 2.87. The first-order valence-electron chi connectivity index (χ1n) is 5.88. The Morgan fingerprint density at radius 1 is 1.41 bits per heavy atom. The molecule has 0 radical (unpaired) electrons. The second kappa shape index (κ2) is 6.97. The molecule has 0 spiro atoms.